The lowest BCUT2D eigenvalue weighted by molar-refractivity contribution is -0.143. The predicted octanol–water partition coefficient (Wildman–Crippen LogP) is 0.567. The van der Waals surface area contributed by atoms with Crippen LogP contribution in [0.5, 0.6) is 0 Å². The van der Waals surface area contributed by atoms with Gasteiger partial charge in [0.05, 0.1) is 5.92 Å². The van der Waals surface area contributed by atoms with Crippen molar-refractivity contribution < 1.29 is 19.5 Å². The minimum atomic E-state index is -1.01. The first kappa shape index (κ1) is 16.8. The van der Waals surface area contributed by atoms with Crippen molar-refractivity contribution in [2.24, 2.45) is 5.92 Å². The van der Waals surface area contributed by atoms with Gasteiger partial charge in [0.25, 0.3) is 0 Å². The van der Waals surface area contributed by atoms with Crippen LogP contribution in [-0.4, -0.2) is 58.9 Å². The summed E-state index contributed by atoms with van der Waals surface area (Å²) in [5.74, 6) is -0.930. The fourth-order valence-corrected chi connectivity index (χ4v) is 2.73. The van der Waals surface area contributed by atoms with Crippen LogP contribution in [0.3, 0.4) is 0 Å². The van der Waals surface area contributed by atoms with Gasteiger partial charge in [0, 0.05) is 20.0 Å². The maximum Gasteiger partial charge on any atom is 0.326 e. The second kappa shape index (κ2) is 8.14. The number of amides is 2. The molecule has 1 fully saturated rings. The number of nitrogens with zero attached hydrogens (tertiary/aromatic N) is 1. The maximum absolute atomic E-state index is 12.1. The van der Waals surface area contributed by atoms with Crippen molar-refractivity contribution in [1.82, 2.24) is 10.2 Å². The average molecular weight is 302 g/mol. The zero-order valence-corrected chi connectivity index (χ0v) is 12.7. The van der Waals surface area contributed by atoms with Gasteiger partial charge in [-0.25, -0.2) is 4.79 Å². The Morgan fingerprint density at radius 3 is 2.70 bits per heavy atom. The second-order valence-electron chi connectivity index (χ2n) is 4.99. The smallest absolute Gasteiger partial charge is 0.326 e. The monoisotopic (exact) mass is 302 g/mol. The van der Waals surface area contributed by atoms with E-state index in [1.807, 2.05) is 6.26 Å². The van der Waals surface area contributed by atoms with Gasteiger partial charge in [0.1, 0.15) is 6.04 Å². The third kappa shape index (κ3) is 5.03. The SMILES string of the molecule is CSCCC(NC(=O)C1CCCN(C(C)=O)C1)C(=O)O. The van der Waals surface area contributed by atoms with Crippen LogP contribution in [0.1, 0.15) is 26.2 Å². The van der Waals surface area contributed by atoms with E-state index in [4.69, 9.17) is 5.11 Å². The summed E-state index contributed by atoms with van der Waals surface area (Å²) in [7, 11) is 0. The third-order valence-electron chi connectivity index (χ3n) is 3.46. The lowest BCUT2D eigenvalue weighted by Crippen LogP contribution is -2.49. The number of carbonyl (C=O) groups excluding carboxylic acids is 2. The Kier molecular flexibility index (Phi) is 6.84. The predicted molar refractivity (Wildman–Crippen MR) is 77.5 cm³/mol. The van der Waals surface area contributed by atoms with Gasteiger partial charge in [-0.05, 0) is 31.3 Å². The molecule has 1 aliphatic rings. The lowest BCUT2D eigenvalue weighted by Gasteiger charge is -2.31. The molecule has 0 saturated carbocycles. The molecule has 7 heteroatoms. The molecule has 0 radical (unpaired) electrons. The van der Waals surface area contributed by atoms with Crippen LogP contribution in [0, 0.1) is 5.92 Å². The van der Waals surface area contributed by atoms with Crippen molar-refractivity contribution in [2.75, 3.05) is 25.1 Å². The first-order chi connectivity index (χ1) is 9.45. The average Bonchev–Trinajstić information content (AvgIpc) is 2.42. The number of thioether (sulfide) groups is 1. The molecule has 0 aromatic carbocycles. The van der Waals surface area contributed by atoms with E-state index in [0.717, 1.165) is 6.42 Å². The topological polar surface area (TPSA) is 86.7 Å². The Hall–Kier alpha value is -1.24. The molecular weight excluding hydrogens is 280 g/mol. The molecule has 6 nitrogen and oxygen atoms in total. The van der Waals surface area contributed by atoms with E-state index in [-0.39, 0.29) is 17.7 Å². The van der Waals surface area contributed by atoms with Gasteiger partial charge in [-0.1, -0.05) is 0 Å². The molecule has 0 bridgehead atoms. The Morgan fingerprint density at radius 2 is 2.15 bits per heavy atom. The van der Waals surface area contributed by atoms with E-state index in [9.17, 15) is 14.4 Å². The molecule has 1 saturated heterocycles. The molecule has 1 aliphatic heterocycles. The highest BCUT2D eigenvalue weighted by Gasteiger charge is 2.29. The Bertz CT molecular complexity index is 375. The summed E-state index contributed by atoms with van der Waals surface area (Å²) in [6.45, 7) is 2.54. The Labute approximate surface area is 123 Å². The van der Waals surface area contributed by atoms with Crippen LogP contribution >= 0.6 is 11.8 Å². The number of carboxylic acid groups (broad SMARTS) is 1. The zero-order valence-electron chi connectivity index (χ0n) is 11.9. The summed E-state index contributed by atoms with van der Waals surface area (Å²) < 4.78 is 0. The van der Waals surface area contributed by atoms with Crippen molar-refractivity contribution in [3.8, 4) is 0 Å². The number of hydrogen-bond acceptors (Lipinski definition) is 4. The van der Waals surface area contributed by atoms with Crippen molar-refractivity contribution >= 4 is 29.5 Å². The van der Waals surface area contributed by atoms with E-state index >= 15 is 0 Å². The molecule has 2 unspecified atom stereocenters. The van der Waals surface area contributed by atoms with Gasteiger partial charge in [0.2, 0.25) is 11.8 Å². The number of rotatable bonds is 6. The highest BCUT2D eigenvalue weighted by molar-refractivity contribution is 7.98. The maximum atomic E-state index is 12.1. The number of likely N-dealkylation sites (tertiary alicyclic amines) is 1. The Morgan fingerprint density at radius 1 is 1.45 bits per heavy atom. The Balaban J connectivity index is 2.55. The summed E-state index contributed by atoms with van der Waals surface area (Å²) in [5.41, 5.74) is 0. The minimum Gasteiger partial charge on any atom is -0.480 e. The molecule has 20 heavy (non-hydrogen) atoms. The normalized spacial score (nSPS) is 20.3. The van der Waals surface area contributed by atoms with Crippen LogP contribution in [0.4, 0.5) is 0 Å². The second-order valence-corrected chi connectivity index (χ2v) is 5.97. The van der Waals surface area contributed by atoms with Gasteiger partial charge in [-0.15, -0.1) is 0 Å². The van der Waals surface area contributed by atoms with Gasteiger partial charge in [-0.3, -0.25) is 9.59 Å². The molecule has 0 aliphatic carbocycles. The van der Waals surface area contributed by atoms with E-state index in [0.29, 0.717) is 31.7 Å². The minimum absolute atomic E-state index is 0.0420. The molecule has 1 rings (SSSR count). The van der Waals surface area contributed by atoms with Crippen LogP contribution < -0.4 is 5.32 Å². The van der Waals surface area contributed by atoms with E-state index in [1.54, 1.807) is 16.7 Å². The molecule has 2 N–H and O–H groups in total. The van der Waals surface area contributed by atoms with Gasteiger partial charge in [0.15, 0.2) is 0 Å². The summed E-state index contributed by atoms with van der Waals surface area (Å²) >= 11 is 1.55. The molecule has 1 heterocycles. The standard InChI is InChI=1S/C13H22N2O4S/c1-9(16)15-6-3-4-10(8-15)12(17)14-11(13(18)19)5-7-20-2/h10-11H,3-8H2,1-2H3,(H,14,17)(H,18,19). The molecular formula is C13H22N2O4S. The van der Waals surface area contributed by atoms with Gasteiger partial charge < -0.3 is 15.3 Å². The van der Waals surface area contributed by atoms with Crippen LogP contribution in [0.25, 0.3) is 0 Å². The fraction of sp³-hybridized carbons (Fsp3) is 0.769. The molecule has 0 aromatic heterocycles. The molecule has 2 amide bonds. The molecule has 2 atom stereocenters. The number of carbonyl (C=O) groups is 3. The van der Waals surface area contributed by atoms with Crippen LogP contribution in [0.2, 0.25) is 0 Å². The first-order valence-corrected chi connectivity index (χ1v) is 8.12. The number of nitrogens with one attached hydrogen (secondary N) is 1. The van der Waals surface area contributed by atoms with Gasteiger partial charge in [-0.2, -0.15) is 11.8 Å². The molecule has 0 aromatic rings. The number of hydrogen-bond donors (Lipinski definition) is 2. The fourth-order valence-electron chi connectivity index (χ4n) is 2.26. The first-order valence-electron chi connectivity index (χ1n) is 6.73. The van der Waals surface area contributed by atoms with Crippen LogP contribution in [0.15, 0.2) is 0 Å². The van der Waals surface area contributed by atoms with Crippen molar-refractivity contribution in [3.05, 3.63) is 0 Å². The molecule has 114 valence electrons. The highest BCUT2D eigenvalue weighted by Crippen LogP contribution is 2.17. The summed E-state index contributed by atoms with van der Waals surface area (Å²) in [4.78, 5) is 36.2. The number of aliphatic carboxylic acids is 1. The number of carboxylic acids is 1. The summed E-state index contributed by atoms with van der Waals surface area (Å²) in [5, 5.41) is 11.7. The quantitative estimate of drug-likeness (QED) is 0.749. The molecule has 0 spiro atoms. The summed E-state index contributed by atoms with van der Waals surface area (Å²) in [6, 6.07) is -0.845. The highest BCUT2D eigenvalue weighted by atomic mass is 32.2. The number of piperidine rings is 1. The van der Waals surface area contributed by atoms with E-state index < -0.39 is 12.0 Å². The van der Waals surface area contributed by atoms with Gasteiger partial charge >= 0.3 is 5.97 Å². The lowest BCUT2D eigenvalue weighted by atomic mass is 9.96. The van der Waals surface area contributed by atoms with E-state index in [2.05, 4.69) is 5.32 Å². The van der Waals surface area contributed by atoms with Crippen LogP contribution in [-0.2, 0) is 14.4 Å². The van der Waals surface area contributed by atoms with E-state index in [1.165, 1.54) is 6.92 Å². The van der Waals surface area contributed by atoms with Crippen molar-refractivity contribution in [3.63, 3.8) is 0 Å². The largest absolute Gasteiger partial charge is 0.480 e. The third-order valence-corrected chi connectivity index (χ3v) is 4.11. The van der Waals surface area contributed by atoms with Crippen molar-refractivity contribution in [2.45, 2.75) is 32.2 Å². The van der Waals surface area contributed by atoms with Crippen molar-refractivity contribution in [1.29, 1.82) is 0 Å². The summed E-state index contributed by atoms with van der Waals surface area (Å²) in [6.07, 6.45) is 3.78. The zero-order chi connectivity index (χ0) is 15.1.